The molecule has 76 valence electrons. The molecule has 0 spiro atoms. The predicted molar refractivity (Wildman–Crippen MR) is 44.4 cm³/mol. The molecule has 0 saturated heterocycles. The molecular weight excluding hydrogens is 299 g/mol. The van der Waals surface area contributed by atoms with Crippen LogP contribution in [0.15, 0.2) is 24.3 Å². The van der Waals surface area contributed by atoms with Crippen molar-refractivity contribution in [1.82, 2.24) is 4.98 Å². The van der Waals surface area contributed by atoms with Crippen LogP contribution in [-0.2, 0) is 18.6 Å². The third-order valence-electron chi connectivity index (χ3n) is 1.40. The number of aromatic nitrogens is 1. The van der Waals surface area contributed by atoms with E-state index in [9.17, 15) is 0 Å². The summed E-state index contributed by atoms with van der Waals surface area (Å²) in [7, 11) is 0. The summed E-state index contributed by atoms with van der Waals surface area (Å²) in [5.74, 6) is 0. The number of thiazole rings is 1. The van der Waals surface area contributed by atoms with Crippen molar-refractivity contribution in [3.8, 4) is 0 Å². The molecule has 0 fully saturated rings. The standard InChI is InChI=1S/C8H7NS.3ClH.V/c1-6-9-7-4-2-3-5-8(7)10-6;;;;/h2-5H,1H3;3*1H;/q;;;;+3/p-3. The quantitative estimate of drug-likeness (QED) is 0.472. The topological polar surface area (TPSA) is 12.9 Å². The van der Waals surface area contributed by atoms with Gasteiger partial charge in [-0.3, -0.25) is 0 Å². The maximum Gasteiger partial charge on any atom is 3.00 e. The molecule has 0 bridgehead atoms. The third-order valence-corrected chi connectivity index (χ3v) is 2.35. The van der Waals surface area contributed by atoms with Gasteiger partial charge >= 0.3 is 18.6 Å². The Morgan fingerprint density at radius 3 is 2.21 bits per heavy atom. The molecule has 0 aliphatic heterocycles. The summed E-state index contributed by atoms with van der Waals surface area (Å²) in [6.07, 6.45) is 0. The SMILES string of the molecule is Cc1nc2ccccc2s1.[Cl-].[Cl-].[Cl-].[V+3]. The van der Waals surface area contributed by atoms with Crippen LogP contribution in [0.1, 0.15) is 5.01 Å². The van der Waals surface area contributed by atoms with Crippen molar-refractivity contribution < 1.29 is 55.8 Å². The molecule has 1 heterocycles. The van der Waals surface area contributed by atoms with Gasteiger partial charge in [-0.2, -0.15) is 0 Å². The van der Waals surface area contributed by atoms with Crippen LogP contribution in [0, 0.1) is 6.92 Å². The van der Waals surface area contributed by atoms with Crippen LogP contribution in [-0.4, -0.2) is 4.98 Å². The fraction of sp³-hybridized carbons (Fsp3) is 0.125. The van der Waals surface area contributed by atoms with Crippen molar-refractivity contribution in [3.63, 3.8) is 0 Å². The summed E-state index contributed by atoms with van der Waals surface area (Å²) >= 11 is 1.74. The van der Waals surface area contributed by atoms with Crippen LogP contribution in [0.4, 0.5) is 0 Å². The van der Waals surface area contributed by atoms with E-state index >= 15 is 0 Å². The molecule has 6 heteroatoms. The second-order valence-electron chi connectivity index (χ2n) is 2.20. The van der Waals surface area contributed by atoms with Gasteiger partial charge in [-0.25, -0.2) is 4.98 Å². The van der Waals surface area contributed by atoms with Gasteiger partial charge < -0.3 is 37.2 Å². The first kappa shape index (κ1) is 20.0. The number of halogens is 3. The minimum Gasteiger partial charge on any atom is -1.00 e. The smallest absolute Gasteiger partial charge is 1.00 e. The summed E-state index contributed by atoms with van der Waals surface area (Å²) in [5, 5.41) is 1.14. The summed E-state index contributed by atoms with van der Waals surface area (Å²) in [6.45, 7) is 2.03. The van der Waals surface area contributed by atoms with Gasteiger partial charge in [-0.05, 0) is 19.1 Å². The molecule has 0 atom stereocenters. The molecule has 1 aromatic carbocycles. The Kier molecular flexibility index (Phi) is 12.7. The molecule has 2 aromatic rings. The van der Waals surface area contributed by atoms with E-state index in [0.717, 1.165) is 10.5 Å². The zero-order valence-electron chi connectivity index (χ0n) is 7.25. The fourth-order valence-corrected chi connectivity index (χ4v) is 1.81. The minimum absolute atomic E-state index is 0. The Labute approximate surface area is 118 Å². The van der Waals surface area contributed by atoms with Gasteiger partial charge in [0.2, 0.25) is 0 Å². The van der Waals surface area contributed by atoms with Gasteiger partial charge in [0.05, 0.1) is 15.2 Å². The number of fused-ring (bicyclic) bond motifs is 1. The average molecular weight is 307 g/mol. The Morgan fingerprint density at radius 1 is 1.07 bits per heavy atom. The fourth-order valence-electron chi connectivity index (χ4n) is 0.987. The van der Waals surface area contributed by atoms with Crippen molar-refractivity contribution in [2.24, 2.45) is 0 Å². The number of rotatable bonds is 0. The van der Waals surface area contributed by atoms with Crippen molar-refractivity contribution in [1.29, 1.82) is 0 Å². The van der Waals surface area contributed by atoms with Crippen molar-refractivity contribution in [2.75, 3.05) is 0 Å². The van der Waals surface area contributed by atoms with Crippen LogP contribution in [0.25, 0.3) is 10.2 Å². The van der Waals surface area contributed by atoms with E-state index in [0.29, 0.717) is 0 Å². The van der Waals surface area contributed by atoms with Gasteiger partial charge in [-0.15, -0.1) is 11.3 Å². The van der Waals surface area contributed by atoms with E-state index in [4.69, 9.17) is 0 Å². The zero-order chi connectivity index (χ0) is 6.97. The van der Waals surface area contributed by atoms with Gasteiger partial charge in [-0.1, -0.05) is 12.1 Å². The first-order valence-corrected chi connectivity index (χ1v) is 4.00. The molecule has 0 radical (unpaired) electrons. The number of benzene rings is 1. The number of aryl methyl sites for hydroxylation is 1. The van der Waals surface area contributed by atoms with E-state index in [-0.39, 0.29) is 55.8 Å². The second kappa shape index (κ2) is 8.84. The Morgan fingerprint density at radius 2 is 1.64 bits per heavy atom. The van der Waals surface area contributed by atoms with Crippen LogP contribution in [0.2, 0.25) is 0 Å². The van der Waals surface area contributed by atoms with Gasteiger partial charge in [0, 0.05) is 0 Å². The summed E-state index contributed by atoms with van der Waals surface area (Å²) in [5.41, 5.74) is 1.12. The molecule has 0 aliphatic rings. The van der Waals surface area contributed by atoms with Gasteiger partial charge in [0.15, 0.2) is 0 Å². The monoisotopic (exact) mass is 305 g/mol. The summed E-state index contributed by atoms with van der Waals surface area (Å²) in [6, 6.07) is 8.19. The number of para-hydroxylation sites is 1. The summed E-state index contributed by atoms with van der Waals surface area (Å²) < 4.78 is 1.28. The molecule has 1 nitrogen and oxygen atoms in total. The predicted octanol–water partition coefficient (Wildman–Crippen LogP) is -6.39. The van der Waals surface area contributed by atoms with E-state index in [2.05, 4.69) is 11.1 Å². The van der Waals surface area contributed by atoms with Crippen LogP contribution >= 0.6 is 11.3 Å². The Balaban J connectivity index is -0.000000302. The molecule has 2 rings (SSSR count). The van der Waals surface area contributed by atoms with Gasteiger partial charge in [0.25, 0.3) is 0 Å². The Bertz CT molecular complexity index is 333. The molecule has 0 N–H and O–H groups in total. The largest absolute Gasteiger partial charge is 3.00 e. The van der Waals surface area contributed by atoms with Crippen molar-refractivity contribution in [2.45, 2.75) is 6.92 Å². The second-order valence-corrected chi connectivity index (χ2v) is 3.44. The van der Waals surface area contributed by atoms with Crippen LogP contribution in [0.3, 0.4) is 0 Å². The molecule has 0 saturated carbocycles. The maximum absolute atomic E-state index is 4.33. The first-order valence-electron chi connectivity index (χ1n) is 3.18. The van der Waals surface area contributed by atoms with Crippen molar-refractivity contribution >= 4 is 21.6 Å². The van der Waals surface area contributed by atoms with Crippen LogP contribution in [0.5, 0.6) is 0 Å². The Hall–Kier alpha value is 0.564. The number of hydrogen-bond acceptors (Lipinski definition) is 2. The molecule has 0 aliphatic carbocycles. The third kappa shape index (κ3) is 4.39. The van der Waals surface area contributed by atoms with E-state index < -0.39 is 0 Å². The molecular formula is C8H7Cl3NSV. The van der Waals surface area contributed by atoms with Gasteiger partial charge in [0.1, 0.15) is 0 Å². The number of hydrogen-bond donors (Lipinski definition) is 0. The summed E-state index contributed by atoms with van der Waals surface area (Å²) in [4.78, 5) is 4.33. The van der Waals surface area contributed by atoms with E-state index in [1.54, 1.807) is 11.3 Å². The van der Waals surface area contributed by atoms with Crippen molar-refractivity contribution in [3.05, 3.63) is 29.3 Å². The number of nitrogens with zero attached hydrogens (tertiary/aromatic N) is 1. The normalized spacial score (nSPS) is 7.50. The van der Waals surface area contributed by atoms with E-state index in [1.807, 2.05) is 25.1 Å². The minimum atomic E-state index is 0. The average Bonchev–Trinajstić information content (AvgIpc) is 2.27. The molecule has 14 heavy (non-hydrogen) atoms. The first-order chi connectivity index (χ1) is 4.86. The zero-order valence-corrected chi connectivity index (χ0v) is 11.7. The molecule has 0 amide bonds. The molecule has 1 aromatic heterocycles. The van der Waals surface area contributed by atoms with Crippen LogP contribution < -0.4 is 37.2 Å². The molecule has 0 unspecified atom stereocenters. The maximum atomic E-state index is 4.33. The van der Waals surface area contributed by atoms with E-state index in [1.165, 1.54) is 4.70 Å².